The van der Waals surface area contributed by atoms with Crippen LogP contribution in [0.3, 0.4) is 0 Å². The number of furan rings is 1. The first-order chi connectivity index (χ1) is 12.2. The highest BCUT2D eigenvalue weighted by Crippen LogP contribution is 2.36. The van der Waals surface area contributed by atoms with Gasteiger partial charge in [0.05, 0.1) is 12.3 Å². The van der Waals surface area contributed by atoms with Crippen molar-refractivity contribution in [2.45, 2.75) is 19.0 Å². The monoisotopic (exact) mass is 335 g/mol. The third kappa shape index (κ3) is 3.03. The van der Waals surface area contributed by atoms with Crippen LogP contribution in [0.2, 0.25) is 0 Å². The third-order valence-corrected chi connectivity index (χ3v) is 5.00. The second-order valence-corrected chi connectivity index (χ2v) is 6.59. The van der Waals surface area contributed by atoms with Gasteiger partial charge in [0.25, 0.3) is 0 Å². The number of nitrogens with zero attached hydrogens (tertiary/aromatic N) is 2. The van der Waals surface area contributed by atoms with Crippen molar-refractivity contribution in [1.82, 2.24) is 15.2 Å². The van der Waals surface area contributed by atoms with Gasteiger partial charge in [0, 0.05) is 55.8 Å². The molecule has 1 aliphatic rings. The largest absolute Gasteiger partial charge is 0.464 e. The molecule has 1 aromatic carbocycles. The molecule has 0 saturated carbocycles. The molecule has 0 spiro atoms. The van der Waals surface area contributed by atoms with E-state index in [1.807, 2.05) is 54.7 Å². The summed E-state index contributed by atoms with van der Waals surface area (Å²) < 4.78 is 5.59. The van der Waals surface area contributed by atoms with Crippen molar-refractivity contribution in [3.05, 3.63) is 66.2 Å². The van der Waals surface area contributed by atoms with Crippen molar-refractivity contribution in [2.75, 3.05) is 13.6 Å². The third-order valence-electron chi connectivity index (χ3n) is 5.00. The van der Waals surface area contributed by atoms with Gasteiger partial charge in [-0.3, -0.25) is 9.78 Å². The maximum Gasteiger partial charge on any atom is 0.223 e. The van der Waals surface area contributed by atoms with Crippen molar-refractivity contribution in [2.24, 2.45) is 5.92 Å². The Morgan fingerprint density at radius 2 is 2.16 bits per heavy atom. The summed E-state index contributed by atoms with van der Waals surface area (Å²) in [6.45, 7) is 1.50. The van der Waals surface area contributed by atoms with Crippen molar-refractivity contribution < 1.29 is 9.21 Å². The number of nitrogens with one attached hydrogen (secondary N) is 1. The molecule has 5 nitrogen and oxygen atoms in total. The average molecular weight is 335 g/mol. The Bertz CT molecular complexity index is 875. The van der Waals surface area contributed by atoms with Gasteiger partial charge in [0.1, 0.15) is 5.58 Å². The molecule has 2 aromatic heterocycles. The number of pyridine rings is 1. The van der Waals surface area contributed by atoms with Crippen LogP contribution in [-0.2, 0) is 11.3 Å². The lowest BCUT2D eigenvalue weighted by molar-refractivity contribution is -0.127. The molecule has 1 saturated heterocycles. The molecule has 0 bridgehead atoms. The van der Waals surface area contributed by atoms with E-state index in [2.05, 4.69) is 16.4 Å². The number of fused-ring (bicyclic) bond motifs is 1. The lowest BCUT2D eigenvalue weighted by Gasteiger charge is -2.25. The molecule has 3 aromatic rings. The van der Waals surface area contributed by atoms with Gasteiger partial charge in [0.15, 0.2) is 0 Å². The molecule has 2 atom stereocenters. The number of aromatic nitrogens is 1. The van der Waals surface area contributed by atoms with Gasteiger partial charge in [-0.2, -0.15) is 0 Å². The first-order valence-corrected chi connectivity index (χ1v) is 8.55. The zero-order valence-corrected chi connectivity index (χ0v) is 14.2. The fourth-order valence-electron chi connectivity index (χ4n) is 3.74. The smallest absolute Gasteiger partial charge is 0.223 e. The summed E-state index contributed by atoms with van der Waals surface area (Å²) in [6.07, 6.45) is 5.99. The van der Waals surface area contributed by atoms with E-state index < -0.39 is 0 Å². The fraction of sp³-hybridized carbons (Fsp3) is 0.300. The van der Waals surface area contributed by atoms with Crippen LogP contribution in [-0.4, -0.2) is 29.4 Å². The maximum atomic E-state index is 12.2. The summed E-state index contributed by atoms with van der Waals surface area (Å²) in [4.78, 5) is 18.2. The highest BCUT2D eigenvalue weighted by Gasteiger charge is 2.38. The molecule has 1 amide bonds. The van der Waals surface area contributed by atoms with E-state index in [9.17, 15) is 4.79 Å². The summed E-state index contributed by atoms with van der Waals surface area (Å²) in [6, 6.07) is 12.1. The molecule has 0 aliphatic carbocycles. The van der Waals surface area contributed by atoms with Crippen LogP contribution in [0.25, 0.3) is 11.0 Å². The van der Waals surface area contributed by atoms with Crippen molar-refractivity contribution in [3.8, 4) is 0 Å². The molecule has 1 fully saturated rings. The standard InChI is InChI=1S/C20H21N3O2/c1-23-19(24)9-15(20(23)14-5-4-8-21-10-14)11-22-12-16-13-25-18-7-3-2-6-17(16)18/h2-8,10,13,15,20,22H,9,11-12H2,1H3/t15-,20-/m0/s1. The molecular weight excluding hydrogens is 314 g/mol. The van der Waals surface area contributed by atoms with Crippen molar-refractivity contribution >= 4 is 16.9 Å². The summed E-state index contributed by atoms with van der Waals surface area (Å²) >= 11 is 0. The molecule has 25 heavy (non-hydrogen) atoms. The number of hydrogen-bond acceptors (Lipinski definition) is 4. The maximum absolute atomic E-state index is 12.2. The van der Waals surface area contributed by atoms with Gasteiger partial charge in [-0.25, -0.2) is 0 Å². The molecule has 128 valence electrons. The van der Waals surface area contributed by atoms with Crippen LogP contribution in [0.15, 0.2) is 59.5 Å². The van der Waals surface area contributed by atoms with Crippen molar-refractivity contribution in [3.63, 3.8) is 0 Å². The average Bonchev–Trinajstić information content (AvgIpc) is 3.17. The molecule has 1 N–H and O–H groups in total. The second kappa shape index (κ2) is 6.69. The second-order valence-electron chi connectivity index (χ2n) is 6.59. The summed E-state index contributed by atoms with van der Waals surface area (Å²) in [5, 5.41) is 4.64. The molecule has 0 unspecified atom stereocenters. The van der Waals surface area contributed by atoms with E-state index in [1.165, 1.54) is 0 Å². The Morgan fingerprint density at radius 1 is 1.28 bits per heavy atom. The number of likely N-dealkylation sites (tertiary alicyclic amines) is 1. The van der Waals surface area contributed by atoms with Crippen molar-refractivity contribution in [1.29, 1.82) is 0 Å². The summed E-state index contributed by atoms with van der Waals surface area (Å²) in [5.41, 5.74) is 3.14. The van der Waals surface area contributed by atoms with Crippen LogP contribution >= 0.6 is 0 Å². The number of rotatable bonds is 5. The normalized spacial score (nSPS) is 20.5. The number of hydrogen-bond donors (Lipinski definition) is 1. The lowest BCUT2D eigenvalue weighted by atomic mass is 9.94. The van der Waals surface area contributed by atoms with Gasteiger partial charge in [-0.05, 0) is 17.7 Å². The highest BCUT2D eigenvalue weighted by molar-refractivity contribution is 5.81. The Hall–Kier alpha value is -2.66. The van der Waals surface area contributed by atoms with Crippen LogP contribution in [0.5, 0.6) is 0 Å². The van der Waals surface area contributed by atoms with E-state index in [-0.39, 0.29) is 17.9 Å². The molecule has 3 heterocycles. The topological polar surface area (TPSA) is 58.4 Å². The fourth-order valence-corrected chi connectivity index (χ4v) is 3.74. The SMILES string of the molecule is CN1C(=O)C[C@@H](CNCc2coc3ccccc23)[C@@H]1c1cccnc1. The quantitative estimate of drug-likeness (QED) is 0.778. The van der Waals surface area contributed by atoms with Gasteiger partial charge in [0.2, 0.25) is 5.91 Å². The van der Waals surface area contributed by atoms with Crippen LogP contribution < -0.4 is 5.32 Å². The number of para-hydroxylation sites is 1. The van der Waals surface area contributed by atoms with E-state index >= 15 is 0 Å². The highest BCUT2D eigenvalue weighted by atomic mass is 16.3. The zero-order valence-electron chi connectivity index (χ0n) is 14.2. The number of benzene rings is 1. The predicted octanol–water partition coefficient (Wildman–Crippen LogP) is 3.14. The van der Waals surface area contributed by atoms with E-state index in [1.54, 1.807) is 6.20 Å². The van der Waals surface area contributed by atoms with Gasteiger partial charge >= 0.3 is 0 Å². The zero-order chi connectivity index (χ0) is 17.2. The van der Waals surface area contributed by atoms with Gasteiger partial charge < -0.3 is 14.6 Å². The van der Waals surface area contributed by atoms with Gasteiger partial charge in [-0.15, -0.1) is 0 Å². The first-order valence-electron chi connectivity index (χ1n) is 8.55. The molecule has 4 rings (SSSR count). The Kier molecular flexibility index (Phi) is 4.24. The number of carbonyl (C=O) groups is 1. The molecular formula is C20H21N3O2. The summed E-state index contributed by atoms with van der Waals surface area (Å²) in [7, 11) is 1.88. The lowest BCUT2D eigenvalue weighted by Crippen LogP contribution is -2.29. The molecule has 5 heteroatoms. The Balaban J connectivity index is 1.45. The summed E-state index contributed by atoms with van der Waals surface area (Å²) in [5.74, 6) is 0.425. The van der Waals surface area contributed by atoms with E-state index in [4.69, 9.17) is 4.42 Å². The van der Waals surface area contributed by atoms with E-state index in [0.29, 0.717) is 6.42 Å². The Morgan fingerprint density at radius 3 is 3.00 bits per heavy atom. The minimum Gasteiger partial charge on any atom is -0.464 e. The minimum atomic E-state index is 0.0785. The minimum absolute atomic E-state index is 0.0785. The number of carbonyl (C=O) groups excluding carboxylic acids is 1. The van der Waals surface area contributed by atoms with Crippen LogP contribution in [0, 0.1) is 5.92 Å². The predicted molar refractivity (Wildman–Crippen MR) is 95.8 cm³/mol. The Labute approximate surface area is 146 Å². The van der Waals surface area contributed by atoms with Gasteiger partial charge in [-0.1, -0.05) is 24.3 Å². The van der Waals surface area contributed by atoms with Crippen LogP contribution in [0.1, 0.15) is 23.6 Å². The molecule has 0 radical (unpaired) electrons. The molecule has 1 aliphatic heterocycles. The first kappa shape index (κ1) is 15.8. The number of amides is 1. The van der Waals surface area contributed by atoms with E-state index in [0.717, 1.165) is 35.2 Å². The van der Waals surface area contributed by atoms with Crippen LogP contribution in [0.4, 0.5) is 0 Å².